The lowest BCUT2D eigenvalue weighted by atomic mass is 10.2. The Morgan fingerprint density at radius 2 is 1.85 bits per heavy atom. The van der Waals surface area contributed by atoms with Gasteiger partial charge in [-0.1, -0.05) is 33.8 Å². The van der Waals surface area contributed by atoms with Gasteiger partial charge in [0.2, 0.25) is 0 Å². The summed E-state index contributed by atoms with van der Waals surface area (Å²) in [5.74, 6) is 3.89. The van der Waals surface area contributed by atoms with Gasteiger partial charge in [0, 0.05) is 11.8 Å². The van der Waals surface area contributed by atoms with Gasteiger partial charge in [-0.15, -0.1) is 0 Å². The Hall–Kier alpha value is -0.880. The third-order valence-corrected chi connectivity index (χ3v) is 1.79. The number of hydrogen-bond donors (Lipinski definition) is 0. The van der Waals surface area contributed by atoms with Crippen molar-refractivity contribution in [3.05, 3.63) is 35.4 Å². The monoisotopic (exact) mass is 244 g/mol. The topological polar surface area (TPSA) is 0 Å². The molecular weight excluding hydrogens is 238 g/mol. The van der Waals surface area contributed by atoms with E-state index in [1.807, 2.05) is 0 Å². The van der Waals surface area contributed by atoms with Crippen LogP contribution in [0.25, 0.3) is 0 Å². The zero-order chi connectivity index (χ0) is 9.68. The van der Waals surface area contributed by atoms with Gasteiger partial charge in [0.25, 0.3) is 0 Å². The van der Waals surface area contributed by atoms with Crippen molar-refractivity contribution in [2.24, 2.45) is 0 Å². The van der Waals surface area contributed by atoms with E-state index in [-0.39, 0.29) is 5.56 Å². The summed E-state index contributed by atoms with van der Waals surface area (Å²) in [5, 5.41) is 0.704. The van der Waals surface area contributed by atoms with E-state index in [9.17, 15) is 8.78 Å². The molecule has 1 rings (SSSR count). The average Bonchev–Trinajstić information content (AvgIpc) is 2.10. The van der Waals surface area contributed by atoms with Crippen LogP contribution < -0.4 is 0 Å². The van der Waals surface area contributed by atoms with Crippen molar-refractivity contribution in [1.29, 1.82) is 0 Å². The second-order valence-electron chi connectivity index (χ2n) is 2.34. The second kappa shape index (κ2) is 4.98. The minimum atomic E-state index is -0.609. The van der Waals surface area contributed by atoms with Gasteiger partial charge in [-0.3, -0.25) is 0 Å². The molecule has 0 nitrogen and oxygen atoms in total. The molecule has 1 aromatic carbocycles. The summed E-state index contributed by atoms with van der Waals surface area (Å²) in [4.78, 5) is 0. The fraction of sp³-hybridized carbons (Fsp3) is 0.200. The van der Waals surface area contributed by atoms with Gasteiger partial charge in [0.05, 0.1) is 5.56 Å². The van der Waals surface area contributed by atoms with E-state index in [1.165, 1.54) is 18.2 Å². The quantitative estimate of drug-likeness (QED) is 0.526. The molecule has 0 atom stereocenters. The van der Waals surface area contributed by atoms with Crippen molar-refractivity contribution in [2.75, 3.05) is 5.33 Å². The molecule has 0 aliphatic heterocycles. The highest BCUT2D eigenvalue weighted by molar-refractivity contribution is 9.09. The summed E-state index contributed by atoms with van der Waals surface area (Å²) in [6.45, 7) is 0. The summed E-state index contributed by atoms with van der Waals surface area (Å²) >= 11 is 3.17. The number of alkyl halides is 1. The number of hydrogen-bond acceptors (Lipinski definition) is 0. The molecule has 0 bridgehead atoms. The largest absolute Gasteiger partial charge is 0.206 e. The van der Waals surface area contributed by atoms with E-state index >= 15 is 0 Å². The van der Waals surface area contributed by atoms with Crippen LogP contribution in [0.3, 0.4) is 0 Å². The minimum absolute atomic E-state index is 0.150. The van der Waals surface area contributed by atoms with Gasteiger partial charge in [-0.25, -0.2) is 8.78 Å². The van der Waals surface area contributed by atoms with Crippen LogP contribution in [0.4, 0.5) is 8.78 Å². The smallest absolute Gasteiger partial charge is 0.141 e. The van der Waals surface area contributed by atoms with E-state index in [1.54, 1.807) is 0 Å². The van der Waals surface area contributed by atoms with Gasteiger partial charge in [-0.2, -0.15) is 0 Å². The summed E-state index contributed by atoms with van der Waals surface area (Å²) in [6.07, 6.45) is 0.577. The normalized spacial score (nSPS) is 9.15. The molecule has 3 heteroatoms. The number of benzene rings is 1. The van der Waals surface area contributed by atoms with E-state index < -0.39 is 11.6 Å². The van der Waals surface area contributed by atoms with Gasteiger partial charge >= 0.3 is 0 Å². The Kier molecular flexibility index (Phi) is 3.91. The van der Waals surface area contributed by atoms with Crippen molar-refractivity contribution in [1.82, 2.24) is 0 Å². The molecule has 0 fully saturated rings. The van der Waals surface area contributed by atoms with E-state index in [0.717, 1.165) is 0 Å². The first-order valence-corrected chi connectivity index (χ1v) is 4.86. The lowest BCUT2D eigenvalue weighted by Gasteiger charge is -1.94. The first-order valence-electron chi connectivity index (χ1n) is 3.74. The highest BCUT2D eigenvalue weighted by Gasteiger charge is 2.03. The lowest BCUT2D eigenvalue weighted by molar-refractivity contribution is 0.577. The van der Waals surface area contributed by atoms with E-state index in [2.05, 4.69) is 27.8 Å². The Morgan fingerprint density at radius 3 is 2.38 bits per heavy atom. The third kappa shape index (κ3) is 2.82. The Balaban J connectivity index is 2.95. The maximum absolute atomic E-state index is 12.9. The molecule has 0 aliphatic rings. The summed E-state index contributed by atoms with van der Waals surface area (Å²) in [5.41, 5.74) is -0.150. The predicted molar refractivity (Wildman–Crippen MR) is 51.6 cm³/mol. The van der Waals surface area contributed by atoms with Gasteiger partial charge in [0.15, 0.2) is 0 Å². The van der Waals surface area contributed by atoms with Crippen molar-refractivity contribution in [3.8, 4) is 11.8 Å². The van der Waals surface area contributed by atoms with Crippen LogP contribution in [-0.2, 0) is 0 Å². The molecular formula is C10H7BrF2. The molecule has 0 heterocycles. The van der Waals surface area contributed by atoms with Gasteiger partial charge in [0.1, 0.15) is 11.6 Å². The average molecular weight is 245 g/mol. The van der Waals surface area contributed by atoms with Crippen molar-refractivity contribution < 1.29 is 8.78 Å². The zero-order valence-electron chi connectivity index (χ0n) is 6.78. The van der Waals surface area contributed by atoms with Crippen LogP contribution in [0.2, 0.25) is 0 Å². The molecule has 0 N–H and O–H groups in total. The fourth-order valence-electron chi connectivity index (χ4n) is 0.815. The van der Waals surface area contributed by atoms with Crippen LogP contribution in [0.1, 0.15) is 12.0 Å². The van der Waals surface area contributed by atoms with Crippen molar-refractivity contribution >= 4 is 15.9 Å². The standard InChI is InChI=1S/C10H7BrF2/c11-7-2-1-4-8-9(12)5-3-6-10(8)13/h3,5-6H,2,7H2. The van der Waals surface area contributed by atoms with Crippen LogP contribution >= 0.6 is 15.9 Å². The molecule has 0 aromatic heterocycles. The SMILES string of the molecule is Fc1cccc(F)c1C#CCCBr. The Bertz CT molecular complexity index is 329. The number of rotatable bonds is 1. The van der Waals surface area contributed by atoms with Gasteiger partial charge in [-0.05, 0) is 12.1 Å². The van der Waals surface area contributed by atoms with Crippen molar-refractivity contribution in [3.63, 3.8) is 0 Å². The minimum Gasteiger partial charge on any atom is -0.206 e. The number of halogens is 3. The molecule has 0 amide bonds. The molecule has 0 radical (unpaired) electrons. The molecule has 0 saturated carbocycles. The first-order chi connectivity index (χ1) is 6.25. The molecule has 1 aromatic rings. The maximum atomic E-state index is 12.9. The molecule has 0 aliphatic carbocycles. The molecule has 0 saturated heterocycles. The van der Waals surface area contributed by atoms with Crippen LogP contribution in [0.5, 0.6) is 0 Å². The Labute approximate surface area is 84.1 Å². The van der Waals surface area contributed by atoms with E-state index in [0.29, 0.717) is 11.8 Å². The van der Waals surface area contributed by atoms with Crippen LogP contribution in [0, 0.1) is 23.5 Å². The highest BCUT2D eigenvalue weighted by atomic mass is 79.9. The van der Waals surface area contributed by atoms with Crippen LogP contribution in [0.15, 0.2) is 18.2 Å². The Morgan fingerprint density at radius 1 is 1.23 bits per heavy atom. The van der Waals surface area contributed by atoms with E-state index in [4.69, 9.17) is 0 Å². The molecule has 0 spiro atoms. The first kappa shape index (κ1) is 10.2. The summed E-state index contributed by atoms with van der Waals surface area (Å²) in [6, 6.07) is 3.71. The fourth-order valence-corrected chi connectivity index (χ4v) is 1.01. The third-order valence-electron chi connectivity index (χ3n) is 1.40. The summed E-state index contributed by atoms with van der Waals surface area (Å²) < 4.78 is 25.8. The second-order valence-corrected chi connectivity index (χ2v) is 3.13. The zero-order valence-corrected chi connectivity index (χ0v) is 8.37. The summed E-state index contributed by atoms with van der Waals surface area (Å²) in [7, 11) is 0. The van der Waals surface area contributed by atoms with Crippen molar-refractivity contribution in [2.45, 2.75) is 6.42 Å². The highest BCUT2D eigenvalue weighted by Crippen LogP contribution is 2.09. The van der Waals surface area contributed by atoms with Gasteiger partial charge < -0.3 is 0 Å². The molecule has 13 heavy (non-hydrogen) atoms. The molecule has 68 valence electrons. The van der Waals surface area contributed by atoms with Crippen LogP contribution in [-0.4, -0.2) is 5.33 Å². The predicted octanol–water partition coefficient (Wildman–Crippen LogP) is 3.10. The lowest BCUT2D eigenvalue weighted by Crippen LogP contribution is -1.88. The molecule has 0 unspecified atom stereocenters. The maximum Gasteiger partial charge on any atom is 0.141 e.